The normalized spacial score (nSPS) is 27.5. The summed E-state index contributed by atoms with van der Waals surface area (Å²) in [5, 5.41) is 19.8. The molecule has 3 N–H and O–H groups in total. The Labute approximate surface area is 135 Å². The van der Waals surface area contributed by atoms with Crippen LogP contribution in [0.15, 0.2) is 30.3 Å². The smallest absolute Gasteiger partial charge is 0.264 e. The number of aldehydes is 1. The van der Waals surface area contributed by atoms with Gasteiger partial charge in [-0.15, -0.1) is 0 Å². The summed E-state index contributed by atoms with van der Waals surface area (Å²) >= 11 is 0. The van der Waals surface area contributed by atoms with E-state index in [1.54, 1.807) is 50.4 Å². The first kappa shape index (κ1) is 17.5. The minimum atomic E-state index is -1.34. The molecule has 0 amide bonds. The second-order valence-electron chi connectivity index (χ2n) is 5.74. The van der Waals surface area contributed by atoms with Crippen molar-refractivity contribution >= 4 is 6.29 Å². The fourth-order valence-corrected chi connectivity index (χ4v) is 3.44. The molecule has 1 aliphatic heterocycles. The number of hydrogen-bond donors (Lipinski definition) is 3. The van der Waals surface area contributed by atoms with Crippen LogP contribution in [0.2, 0.25) is 0 Å². The van der Waals surface area contributed by atoms with Crippen LogP contribution in [-0.4, -0.2) is 55.6 Å². The van der Waals surface area contributed by atoms with Gasteiger partial charge in [-0.2, -0.15) is 0 Å². The van der Waals surface area contributed by atoms with E-state index in [1.807, 2.05) is 6.07 Å². The van der Waals surface area contributed by atoms with Gasteiger partial charge in [0.25, 0.3) is 5.54 Å². The van der Waals surface area contributed by atoms with Crippen molar-refractivity contribution in [2.24, 2.45) is 0 Å². The number of rotatable bonds is 6. The van der Waals surface area contributed by atoms with Crippen LogP contribution in [0.4, 0.5) is 0 Å². The van der Waals surface area contributed by atoms with Crippen molar-refractivity contribution in [3.63, 3.8) is 0 Å². The largest absolute Gasteiger partial charge is 0.301 e. The molecule has 0 bridgehead atoms. The van der Waals surface area contributed by atoms with Gasteiger partial charge in [-0.25, -0.2) is 5.01 Å². The minimum Gasteiger partial charge on any atom is -0.301 e. The summed E-state index contributed by atoms with van der Waals surface area (Å²) < 4.78 is 0. The third-order valence-electron chi connectivity index (χ3n) is 4.81. The second-order valence-corrected chi connectivity index (χ2v) is 5.74. The van der Waals surface area contributed by atoms with Gasteiger partial charge in [0.2, 0.25) is 0 Å². The molecule has 126 valence electrons. The number of hydrazine groups is 1. The maximum Gasteiger partial charge on any atom is 0.264 e. The molecule has 1 aromatic rings. The van der Waals surface area contributed by atoms with Crippen LogP contribution in [0.3, 0.4) is 0 Å². The number of hydrogen-bond acceptors (Lipinski definition) is 7. The van der Waals surface area contributed by atoms with Crippen LogP contribution < -0.4 is 16.1 Å². The maximum absolute atomic E-state index is 12.1. The van der Waals surface area contributed by atoms with E-state index in [1.165, 1.54) is 0 Å². The van der Waals surface area contributed by atoms with Crippen LogP contribution >= 0.6 is 0 Å². The first-order chi connectivity index (χ1) is 11.0. The number of carbonyl (C=O) groups is 1. The molecule has 0 radical (unpaired) electrons. The Morgan fingerprint density at radius 2 is 1.87 bits per heavy atom. The molecule has 0 saturated carbocycles. The maximum atomic E-state index is 12.1. The predicted molar refractivity (Wildman–Crippen MR) is 86.2 cm³/mol. The Morgan fingerprint density at radius 3 is 2.30 bits per heavy atom. The lowest BCUT2D eigenvalue weighted by Gasteiger charge is -2.51. The molecule has 2 unspecified atom stereocenters. The van der Waals surface area contributed by atoms with Crippen molar-refractivity contribution in [2.75, 3.05) is 27.7 Å². The zero-order valence-corrected chi connectivity index (χ0v) is 13.6. The number of piperidine rings is 1. The SMILES string of the molecule is CNN1CC(c2ccccc2)([N+](=O)[O-])CC(NC)(NC)C1C=O. The van der Waals surface area contributed by atoms with Crippen LogP contribution in [0, 0.1) is 10.1 Å². The van der Waals surface area contributed by atoms with Crippen molar-refractivity contribution in [2.45, 2.75) is 23.7 Å². The third kappa shape index (κ3) is 2.74. The Balaban J connectivity index is 2.61. The summed E-state index contributed by atoms with van der Waals surface area (Å²) in [5.41, 5.74) is 1.28. The van der Waals surface area contributed by atoms with E-state index >= 15 is 0 Å². The third-order valence-corrected chi connectivity index (χ3v) is 4.81. The van der Waals surface area contributed by atoms with Crippen LogP contribution in [-0.2, 0) is 10.3 Å². The highest BCUT2D eigenvalue weighted by Crippen LogP contribution is 2.39. The predicted octanol–water partition coefficient (Wildman–Crippen LogP) is -0.299. The van der Waals surface area contributed by atoms with Crippen LogP contribution in [0.25, 0.3) is 0 Å². The van der Waals surface area contributed by atoms with E-state index in [-0.39, 0.29) is 17.9 Å². The summed E-state index contributed by atoms with van der Waals surface area (Å²) in [6, 6.07) is 8.34. The molecular weight excluding hydrogens is 298 g/mol. The Hall–Kier alpha value is -1.87. The fraction of sp³-hybridized carbons (Fsp3) is 0.533. The standard InChI is InChI=1S/C15H23N5O3/c1-16-15(17-2)10-14(20(22)23,12-7-5-4-6-8-12)11-19(18-3)13(15)9-21/h4-9,13,16-18H,10-11H2,1-3H3. The van der Waals surface area contributed by atoms with Gasteiger partial charge >= 0.3 is 0 Å². The molecule has 8 heteroatoms. The topological polar surface area (TPSA) is 99.5 Å². The molecule has 0 aromatic heterocycles. The van der Waals surface area contributed by atoms with Crippen molar-refractivity contribution in [3.05, 3.63) is 46.0 Å². The van der Waals surface area contributed by atoms with E-state index in [2.05, 4.69) is 16.1 Å². The summed E-state index contributed by atoms with van der Waals surface area (Å²) in [6.45, 7) is 0.0923. The molecule has 8 nitrogen and oxygen atoms in total. The second kappa shape index (κ2) is 6.71. The number of benzene rings is 1. The number of nitrogens with one attached hydrogen (secondary N) is 3. The molecule has 0 spiro atoms. The lowest BCUT2D eigenvalue weighted by atomic mass is 9.75. The Kier molecular flexibility index (Phi) is 5.10. The molecule has 1 saturated heterocycles. The molecule has 1 fully saturated rings. The number of nitro groups is 1. The highest BCUT2D eigenvalue weighted by atomic mass is 16.6. The van der Waals surface area contributed by atoms with Gasteiger partial charge in [-0.05, 0) is 21.1 Å². The molecule has 2 atom stereocenters. The molecular formula is C15H23N5O3. The quantitative estimate of drug-likeness (QED) is 0.286. The zero-order valence-electron chi connectivity index (χ0n) is 13.6. The van der Waals surface area contributed by atoms with Crippen molar-refractivity contribution in [1.29, 1.82) is 0 Å². The minimum absolute atomic E-state index is 0.0923. The van der Waals surface area contributed by atoms with E-state index in [0.717, 1.165) is 6.29 Å². The van der Waals surface area contributed by atoms with E-state index in [4.69, 9.17) is 0 Å². The lowest BCUT2D eigenvalue weighted by molar-refractivity contribution is -0.588. The van der Waals surface area contributed by atoms with E-state index < -0.39 is 17.2 Å². The summed E-state index contributed by atoms with van der Waals surface area (Å²) in [5.74, 6) is 0. The molecule has 23 heavy (non-hydrogen) atoms. The van der Waals surface area contributed by atoms with Gasteiger partial charge in [0.1, 0.15) is 12.3 Å². The summed E-state index contributed by atoms with van der Waals surface area (Å²) in [6.07, 6.45) is 0.948. The molecule has 0 aliphatic carbocycles. The fourth-order valence-electron chi connectivity index (χ4n) is 3.44. The van der Waals surface area contributed by atoms with Gasteiger partial charge in [0.15, 0.2) is 0 Å². The monoisotopic (exact) mass is 321 g/mol. The summed E-state index contributed by atoms with van der Waals surface area (Å²) in [4.78, 5) is 23.5. The van der Waals surface area contributed by atoms with Crippen molar-refractivity contribution < 1.29 is 9.72 Å². The molecule has 1 aliphatic rings. The highest BCUT2D eigenvalue weighted by molar-refractivity contribution is 5.61. The molecule has 1 aromatic carbocycles. The first-order valence-corrected chi connectivity index (χ1v) is 7.47. The molecule has 2 rings (SSSR count). The average Bonchev–Trinajstić information content (AvgIpc) is 2.60. The highest BCUT2D eigenvalue weighted by Gasteiger charge is 2.60. The van der Waals surface area contributed by atoms with Gasteiger partial charge in [0.05, 0.1) is 18.6 Å². The Morgan fingerprint density at radius 1 is 1.26 bits per heavy atom. The number of likely N-dealkylation sites (N-methyl/N-ethyl adjacent to an activating group) is 2. The first-order valence-electron chi connectivity index (χ1n) is 7.47. The van der Waals surface area contributed by atoms with E-state index in [0.29, 0.717) is 5.56 Å². The van der Waals surface area contributed by atoms with Gasteiger partial charge in [-0.3, -0.25) is 15.5 Å². The van der Waals surface area contributed by atoms with Crippen LogP contribution in [0.1, 0.15) is 12.0 Å². The van der Waals surface area contributed by atoms with Crippen LogP contribution in [0.5, 0.6) is 0 Å². The van der Waals surface area contributed by atoms with Crippen molar-refractivity contribution in [1.82, 2.24) is 21.1 Å². The Bertz CT molecular complexity index is 563. The van der Waals surface area contributed by atoms with Gasteiger partial charge in [-0.1, -0.05) is 30.3 Å². The number of nitrogens with zero attached hydrogens (tertiary/aromatic N) is 2. The number of carbonyl (C=O) groups excluding carboxylic acids is 1. The van der Waals surface area contributed by atoms with Crippen molar-refractivity contribution in [3.8, 4) is 0 Å². The van der Waals surface area contributed by atoms with Gasteiger partial charge < -0.3 is 15.4 Å². The van der Waals surface area contributed by atoms with Gasteiger partial charge in [0, 0.05) is 10.5 Å². The van der Waals surface area contributed by atoms with E-state index in [9.17, 15) is 14.9 Å². The lowest BCUT2D eigenvalue weighted by Crippen LogP contribution is -2.77. The molecule has 1 heterocycles. The summed E-state index contributed by atoms with van der Waals surface area (Å²) in [7, 11) is 5.05. The average molecular weight is 321 g/mol. The zero-order chi connectivity index (χ0) is 17.1.